The number of para-hydroxylation sites is 1. The number of anilines is 1. The van der Waals surface area contributed by atoms with Crippen LogP contribution in [0.5, 0.6) is 0 Å². The van der Waals surface area contributed by atoms with Crippen molar-refractivity contribution in [3.05, 3.63) is 30.3 Å². The van der Waals surface area contributed by atoms with E-state index in [0.29, 0.717) is 0 Å². The van der Waals surface area contributed by atoms with Crippen molar-refractivity contribution in [3.8, 4) is 0 Å². The third-order valence-corrected chi connectivity index (χ3v) is 1.69. The number of nitrogens with one attached hydrogen (secondary N) is 1. The van der Waals surface area contributed by atoms with Crippen LogP contribution in [-0.2, 0) is 0 Å². The third kappa shape index (κ3) is 2.19. The molecule has 0 unspecified atom stereocenters. The maximum Gasteiger partial charge on any atom is 0.212 e. The second kappa shape index (κ2) is 3.91. The standard InChI is InChI=1S/C9H14N4/c1-12(2)9(10)13(11)8-6-4-3-5-7-8/h3-7,10H,11H2,1-2H3. The van der Waals surface area contributed by atoms with Gasteiger partial charge in [0.1, 0.15) is 0 Å². The summed E-state index contributed by atoms with van der Waals surface area (Å²) in [6, 6.07) is 9.41. The highest BCUT2D eigenvalue weighted by atomic mass is 15.5. The predicted octanol–water partition coefficient (Wildman–Crippen LogP) is 0.863. The van der Waals surface area contributed by atoms with Crippen LogP contribution in [-0.4, -0.2) is 25.0 Å². The van der Waals surface area contributed by atoms with Crippen molar-refractivity contribution in [3.63, 3.8) is 0 Å². The van der Waals surface area contributed by atoms with E-state index in [4.69, 9.17) is 11.3 Å². The number of benzene rings is 1. The first kappa shape index (κ1) is 9.54. The molecule has 13 heavy (non-hydrogen) atoms. The molecule has 70 valence electrons. The first-order valence-electron chi connectivity index (χ1n) is 3.98. The molecule has 0 amide bonds. The van der Waals surface area contributed by atoms with Crippen LogP contribution < -0.4 is 10.9 Å². The lowest BCUT2D eigenvalue weighted by molar-refractivity contribution is 0.599. The Balaban J connectivity index is 2.80. The molecule has 0 aliphatic heterocycles. The minimum atomic E-state index is 0.256. The van der Waals surface area contributed by atoms with Gasteiger partial charge in [-0.2, -0.15) is 0 Å². The predicted molar refractivity (Wildman–Crippen MR) is 54.5 cm³/mol. The van der Waals surface area contributed by atoms with Crippen molar-refractivity contribution >= 4 is 11.6 Å². The zero-order valence-corrected chi connectivity index (χ0v) is 7.86. The average molecular weight is 178 g/mol. The van der Waals surface area contributed by atoms with Gasteiger partial charge in [-0.05, 0) is 12.1 Å². The van der Waals surface area contributed by atoms with E-state index >= 15 is 0 Å². The molecular weight excluding hydrogens is 164 g/mol. The highest BCUT2D eigenvalue weighted by Gasteiger charge is 2.07. The zero-order chi connectivity index (χ0) is 9.84. The minimum absolute atomic E-state index is 0.256. The Morgan fingerprint density at radius 1 is 1.23 bits per heavy atom. The summed E-state index contributed by atoms with van der Waals surface area (Å²) in [5, 5.41) is 8.95. The van der Waals surface area contributed by atoms with Crippen LogP contribution in [0.4, 0.5) is 5.69 Å². The average Bonchev–Trinajstić information content (AvgIpc) is 2.17. The summed E-state index contributed by atoms with van der Waals surface area (Å²) in [6.45, 7) is 0. The van der Waals surface area contributed by atoms with Crippen LogP contribution >= 0.6 is 0 Å². The molecule has 1 aromatic rings. The van der Waals surface area contributed by atoms with Gasteiger partial charge in [-0.3, -0.25) is 5.41 Å². The molecule has 3 N–H and O–H groups in total. The van der Waals surface area contributed by atoms with Gasteiger partial charge in [0.15, 0.2) is 0 Å². The maximum absolute atomic E-state index is 7.61. The summed E-state index contributed by atoms with van der Waals surface area (Å²) in [5.74, 6) is 5.96. The summed E-state index contributed by atoms with van der Waals surface area (Å²) in [7, 11) is 3.57. The van der Waals surface area contributed by atoms with Gasteiger partial charge in [0.05, 0.1) is 5.69 Å². The number of nitrogens with zero attached hydrogens (tertiary/aromatic N) is 2. The van der Waals surface area contributed by atoms with Crippen LogP contribution in [0.3, 0.4) is 0 Å². The van der Waals surface area contributed by atoms with E-state index in [1.807, 2.05) is 30.3 Å². The van der Waals surface area contributed by atoms with Crippen molar-refractivity contribution in [2.24, 2.45) is 5.84 Å². The lowest BCUT2D eigenvalue weighted by Crippen LogP contribution is -2.44. The molecule has 0 aliphatic carbocycles. The molecule has 0 fully saturated rings. The SMILES string of the molecule is CN(C)C(=N)N(N)c1ccccc1. The number of nitrogens with two attached hydrogens (primary N) is 1. The summed E-state index contributed by atoms with van der Waals surface area (Å²) < 4.78 is 0. The van der Waals surface area contributed by atoms with Crippen LogP contribution in [0.2, 0.25) is 0 Å². The molecule has 0 heterocycles. The van der Waals surface area contributed by atoms with Gasteiger partial charge in [0, 0.05) is 14.1 Å². The van der Waals surface area contributed by atoms with Crippen LogP contribution in [0, 0.1) is 5.41 Å². The fraction of sp³-hybridized carbons (Fsp3) is 0.222. The molecule has 0 atom stereocenters. The summed E-state index contributed by atoms with van der Waals surface area (Å²) >= 11 is 0. The number of hydrogen-bond acceptors (Lipinski definition) is 2. The Kier molecular flexibility index (Phi) is 2.87. The highest BCUT2D eigenvalue weighted by molar-refractivity contribution is 5.92. The molecule has 0 spiro atoms. The van der Waals surface area contributed by atoms with Gasteiger partial charge in [-0.25, -0.2) is 10.9 Å². The molecule has 1 aromatic carbocycles. The van der Waals surface area contributed by atoms with E-state index in [1.165, 1.54) is 5.01 Å². The Morgan fingerprint density at radius 3 is 2.23 bits per heavy atom. The number of guanidine groups is 1. The summed E-state index contributed by atoms with van der Waals surface area (Å²) in [6.07, 6.45) is 0. The first-order valence-corrected chi connectivity index (χ1v) is 3.98. The Hall–Kier alpha value is -1.55. The molecule has 0 saturated heterocycles. The zero-order valence-electron chi connectivity index (χ0n) is 7.86. The van der Waals surface area contributed by atoms with Crippen LogP contribution in [0.15, 0.2) is 30.3 Å². The fourth-order valence-corrected chi connectivity index (χ4v) is 0.926. The van der Waals surface area contributed by atoms with Crippen LogP contribution in [0.25, 0.3) is 0 Å². The fourth-order valence-electron chi connectivity index (χ4n) is 0.926. The topological polar surface area (TPSA) is 56.4 Å². The third-order valence-electron chi connectivity index (χ3n) is 1.69. The molecule has 1 rings (SSSR count). The Bertz CT molecular complexity index is 281. The van der Waals surface area contributed by atoms with E-state index in [2.05, 4.69) is 0 Å². The van der Waals surface area contributed by atoms with E-state index in [1.54, 1.807) is 19.0 Å². The molecule has 0 radical (unpaired) electrons. The second-order valence-corrected chi connectivity index (χ2v) is 2.92. The molecule has 4 heteroatoms. The quantitative estimate of drug-likeness (QED) is 0.290. The Morgan fingerprint density at radius 2 is 1.77 bits per heavy atom. The molecule has 0 bridgehead atoms. The number of hydrazine groups is 1. The summed E-state index contributed by atoms with van der Waals surface area (Å²) in [5.41, 5.74) is 0.807. The lowest BCUT2D eigenvalue weighted by atomic mass is 10.3. The van der Waals surface area contributed by atoms with Gasteiger partial charge in [-0.1, -0.05) is 18.2 Å². The first-order chi connectivity index (χ1) is 6.13. The molecule has 0 aromatic heterocycles. The second-order valence-electron chi connectivity index (χ2n) is 2.92. The lowest BCUT2D eigenvalue weighted by Gasteiger charge is -2.23. The number of rotatable bonds is 1. The normalized spacial score (nSPS) is 9.46. The number of hydrogen-bond donors (Lipinski definition) is 2. The molecule has 4 nitrogen and oxygen atoms in total. The van der Waals surface area contributed by atoms with Crippen molar-refractivity contribution in [1.82, 2.24) is 4.90 Å². The Labute approximate surface area is 78.0 Å². The molecular formula is C9H14N4. The van der Waals surface area contributed by atoms with Crippen molar-refractivity contribution in [2.75, 3.05) is 19.1 Å². The van der Waals surface area contributed by atoms with Crippen molar-refractivity contribution < 1.29 is 0 Å². The van der Waals surface area contributed by atoms with Crippen molar-refractivity contribution in [2.45, 2.75) is 0 Å². The van der Waals surface area contributed by atoms with E-state index in [-0.39, 0.29) is 5.96 Å². The van der Waals surface area contributed by atoms with Crippen LogP contribution in [0.1, 0.15) is 0 Å². The van der Waals surface area contributed by atoms with Gasteiger partial charge >= 0.3 is 0 Å². The smallest absolute Gasteiger partial charge is 0.212 e. The van der Waals surface area contributed by atoms with Gasteiger partial charge in [-0.15, -0.1) is 0 Å². The highest BCUT2D eigenvalue weighted by Crippen LogP contribution is 2.09. The van der Waals surface area contributed by atoms with E-state index in [0.717, 1.165) is 5.69 Å². The molecule has 0 aliphatic rings. The van der Waals surface area contributed by atoms with Gasteiger partial charge < -0.3 is 4.90 Å². The van der Waals surface area contributed by atoms with E-state index in [9.17, 15) is 0 Å². The maximum atomic E-state index is 7.61. The monoisotopic (exact) mass is 178 g/mol. The minimum Gasteiger partial charge on any atom is -0.348 e. The molecule has 0 saturated carbocycles. The van der Waals surface area contributed by atoms with E-state index < -0.39 is 0 Å². The largest absolute Gasteiger partial charge is 0.348 e. The van der Waals surface area contributed by atoms with Gasteiger partial charge in [0.2, 0.25) is 5.96 Å². The van der Waals surface area contributed by atoms with Gasteiger partial charge in [0.25, 0.3) is 0 Å². The summed E-state index contributed by atoms with van der Waals surface area (Å²) in [4.78, 5) is 1.65. The van der Waals surface area contributed by atoms with Crippen molar-refractivity contribution in [1.29, 1.82) is 5.41 Å².